The van der Waals surface area contributed by atoms with E-state index in [-0.39, 0.29) is 24.0 Å². The van der Waals surface area contributed by atoms with E-state index in [1.807, 2.05) is 0 Å². The van der Waals surface area contributed by atoms with Crippen molar-refractivity contribution in [2.75, 3.05) is 11.9 Å². The van der Waals surface area contributed by atoms with E-state index in [0.717, 1.165) is 25.8 Å². The summed E-state index contributed by atoms with van der Waals surface area (Å²) in [6.07, 6.45) is 3.52. The number of hydrogen-bond acceptors (Lipinski definition) is 4. The summed E-state index contributed by atoms with van der Waals surface area (Å²) in [4.78, 5) is 21.9. The molecule has 6 nitrogen and oxygen atoms in total. The summed E-state index contributed by atoms with van der Waals surface area (Å²) in [6.45, 7) is 1.02. The van der Waals surface area contributed by atoms with Crippen LogP contribution >= 0.6 is 12.4 Å². The lowest BCUT2D eigenvalue weighted by Crippen LogP contribution is -2.23. The Labute approximate surface area is 123 Å². The molecule has 0 aliphatic carbocycles. The van der Waals surface area contributed by atoms with E-state index in [4.69, 9.17) is 0 Å². The van der Waals surface area contributed by atoms with E-state index in [2.05, 4.69) is 10.6 Å². The molecule has 1 aliphatic heterocycles. The lowest BCUT2D eigenvalue weighted by Gasteiger charge is -2.09. The van der Waals surface area contributed by atoms with Gasteiger partial charge < -0.3 is 10.6 Å². The molecule has 1 unspecified atom stereocenters. The first-order chi connectivity index (χ1) is 9.15. The number of carbonyl (C=O) groups excluding carboxylic acids is 1. The standard InChI is InChI=1S/C13H17N3O3.ClH/c17-13(7-6-10-4-2-8-14-10)15-11-3-1-5-12(9-11)16(18)19;/h1,3,5,9-10,14H,2,4,6-8H2,(H,15,17);1H. The highest BCUT2D eigenvalue weighted by Gasteiger charge is 2.15. The molecule has 1 aromatic rings. The van der Waals surface area contributed by atoms with Crippen LogP contribution in [-0.4, -0.2) is 23.4 Å². The fourth-order valence-corrected chi connectivity index (χ4v) is 2.23. The van der Waals surface area contributed by atoms with E-state index in [0.29, 0.717) is 18.2 Å². The average molecular weight is 300 g/mol. The molecule has 0 bridgehead atoms. The molecule has 1 atom stereocenters. The van der Waals surface area contributed by atoms with Crippen LogP contribution in [0.15, 0.2) is 24.3 Å². The van der Waals surface area contributed by atoms with Crippen LogP contribution in [0.3, 0.4) is 0 Å². The molecular formula is C13H18ClN3O3. The van der Waals surface area contributed by atoms with Gasteiger partial charge in [-0.1, -0.05) is 6.07 Å². The highest BCUT2D eigenvalue weighted by Crippen LogP contribution is 2.18. The Morgan fingerprint density at radius 2 is 2.30 bits per heavy atom. The molecule has 1 heterocycles. The number of nitrogens with zero attached hydrogens (tertiary/aromatic N) is 1. The quantitative estimate of drug-likeness (QED) is 0.646. The molecule has 110 valence electrons. The van der Waals surface area contributed by atoms with Crippen molar-refractivity contribution in [1.29, 1.82) is 0 Å². The Morgan fingerprint density at radius 3 is 2.95 bits per heavy atom. The molecule has 1 fully saturated rings. The summed E-state index contributed by atoms with van der Waals surface area (Å²) in [5.74, 6) is -0.103. The second kappa shape index (κ2) is 7.81. The molecule has 1 aromatic carbocycles. The molecule has 20 heavy (non-hydrogen) atoms. The van der Waals surface area contributed by atoms with Crippen molar-refractivity contribution >= 4 is 29.7 Å². The van der Waals surface area contributed by atoms with E-state index < -0.39 is 4.92 Å². The number of anilines is 1. The number of nitro groups is 1. The Hall–Kier alpha value is -1.66. The van der Waals surface area contributed by atoms with E-state index in [1.54, 1.807) is 12.1 Å². The highest BCUT2D eigenvalue weighted by molar-refractivity contribution is 5.91. The number of benzene rings is 1. The Bertz CT molecular complexity index is 476. The average Bonchev–Trinajstić information content (AvgIpc) is 2.90. The van der Waals surface area contributed by atoms with Gasteiger partial charge in [-0.05, 0) is 31.9 Å². The Morgan fingerprint density at radius 1 is 1.50 bits per heavy atom. The van der Waals surface area contributed by atoms with Gasteiger partial charge in [0.15, 0.2) is 0 Å². The van der Waals surface area contributed by atoms with Gasteiger partial charge >= 0.3 is 0 Å². The topological polar surface area (TPSA) is 84.3 Å². The molecule has 0 saturated carbocycles. The molecule has 0 radical (unpaired) electrons. The van der Waals surface area contributed by atoms with Gasteiger partial charge in [-0.3, -0.25) is 14.9 Å². The summed E-state index contributed by atoms with van der Waals surface area (Å²) >= 11 is 0. The lowest BCUT2D eigenvalue weighted by atomic mass is 10.1. The number of non-ortho nitro benzene ring substituents is 1. The first kappa shape index (κ1) is 16.4. The third kappa shape index (κ3) is 4.79. The predicted molar refractivity (Wildman–Crippen MR) is 79.2 cm³/mol. The minimum Gasteiger partial charge on any atom is -0.326 e. The van der Waals surface area contributed by atoms with Crippen LogP contribution in [-0.2, 0) is 4.79 Å². The van der Waals surface area contributed by atoms with Crippen molar-refractivity contribution in [3.63, 3.8) is 0 Å². The maximum Gasteiger partial charge on any atom is 0.271 e. The number of nitro benzene ring substituents is 1. The van der Waals surface area contributed by atoms with Crippen molar-refractivity contribution < 1.29 is 9.72 Å². The smallest absolute Gasteiger partial charge is 0.271 e. The minimum atomic E-state index is -0.474. The zero-order valence-corrected chi connectivity index (χ0v) is 11.8. The summed E-state index contributed by atoms with van der Waals surface area (Å²) in [5, 5.41) is 16.6. The van der Waals surface area contributed by atoms with E-state index >= 15 is 0 Å². The van der Waals surface area contributed by atoms with Gasteiger partial charge in [-0.15, -0.1) is 12.4 Å². The molecule has 0 aromatic heterocycles. The second-order valence-electron chi connectivity index (χ2n) is 4.69. The SMILES string of the molecule is Cl.O=C(CCC1CCCN1)Nc1cccc([N+](=O)[O-])c1. The molecule has 2 N–H and O–H groups in total. The number of hydrogen-bond donors (Lipinski definition) is 2. The zero-order valence-electron chi connectivity index (χ0n) is 11.0. The van der Waals surface area contributed by atoms with E-state index in [1.165, 1.54) is 12.1 Å². The molecule has 1 saturated heterocycles. The molecule has 2 rings (SSSR count). The summed E-state index contributed by atoms with van der Waals surface area (Å²) in [5.41, 5.74) is 0.453. The third-order valence-electron chi connectivity index (χ3n) is 3.22. The number of carbonyl (C=O) groups is 1. The van der Waals surface area contributed by atoms with Gasteiger partial charge in [0, 0.05) is 30.3 Å². The van der Waals surface area contributed by atoms with Crippen molar-refractivity contribution in [2.24, 2.45) is 0 Å². The fraction of sp³-hybridized carbons (Fsp3) is 0.462. The molecule has 7 heteroatoms. The Balaban J connectivity index is 0.00000200. The van der Waals surface area contributed by atoms with E-state index in [9.17, 15) is 14.9 Å². The summed E-state index contributed by atoms with van der Waals surface area (Å²) < 4.78 is 0. The molecule has 1 amide bonds. The van der Waals surface area contributed by atoms with Gasteiger partial charge in [0.25, 0.3) is 5.69 Å². The van der Waals surface area contributed by atoms with Gasteiger partial charge in [0.2, 0.25) is 5.91 Å². The number of halogens is 1. The predicted octanol–water partition coefficient (Wildman–Crippen LogP) is 2.49. The molecule has 1 aliphatic rings. The maximum absolute atomic E-state index is 11.7. The van der Waals surface area contributed by atoms with Crippen molar-refractivity contribution in [3.05, 3.63) is 34.4 Å². The van der Waals surface area contributed by atoms with Gasteiger partial charge in [-0.25, -0.2) is 0 Å². The highest BCUT2D eigenvalue weighted by atomic mass is 35.5. The van der Waals surface area contributed by atoms with Crippen LogP contribution in [0, 0.1) is 10.1 Å². The zero-order chi connectivity index (χ0) is 13.7. The van der Waals surface area contributed by atoms with Crippen molar-refractivity contribution in [3.8, 4) is 0 Å². The van der Waals surface area contributed by atoms with Crippen molar-refractivity contribution in [1.82, 2.24) is 5.32 Å². The Kier molecular flexibility index (Phi) is 6.41. The van der Waals surface area contributed by atoms with Gasteiger partial charge in [-0.2, -0.15) is 0 Å². The van der Waals surface area contributed by atoms with Crippen LogP contribution in [0.2, 0.25) is 0 Å². The van der Waals surface area contributed by atoms with Crippen LogP contribution in [0.25, 0.3) is 0 Å². The number of amides is 1. The molecular weight excluding hydrogens is 282 g/mol. The van der Waals surface area contributed by atoms with Gasteiger partial charge in [0.05, 0.1) is 4.92 Å². The van der Waals surface area contributed by atoms with Gasteiger partial charge in [0.1, 0.15) is 0 Å². The first-order valence-electron chi connectivity index (χ1n) is 6.43. The molecule has 0 spiro atoms. The number of rotatable bonds is 5. The normalized spacial score (nSPS) is 17.3. The van der Waals surface area contributed by atoms with Crippen LogP contribution < -0.4 is 10.6 Å². The van der Waals surface area contributed by atoms with Crippen LogP contribution in [0.1, 0.15) is 25.7 Å². The lowest BCUT2D eigenvalue weighted by molar-refractivity contribution is -0.384. The summed E-state index contributed by atoms with van der Waals surface area (Å²) in [7, 11) is 0. The largest absolute Gasteiger partial charge is 0.326 e. The van der Waals surface area contributed by atoms with Crippen molar-refractivity contribution in [2.45, 2.75) is 31.7 Å². The number of nitrogens with one attached hydrogen (secondary N) is 2. The fourth-order valence-electron chi connectivity index (χ4n) is 2.23. The second-order valence-corrected chi connectivity index (χ2v) is 4.69. The minimum absolute atomic E-state index is 0. The third-order valence-corrected chi connectivity index (χ3v) is 3.22. The first-order valence-corrected chi connectivity index (χ1v) is 6.43. The van der Waals surface area contributed by atoms with Crippen LogP contribution in [0.4, 0.5) is 11.4 Å². The van der Waals surface area contributed by atoms with Crippen LogP contribution in [0.5, 0.6) is 0 Å². The monoisotopic (exact) mass is 299 g/mol. The summed E-state index contributed by atoms with van der Waals surface area (Å²) in [6, 6.07) is 6.41. The maximum atomic E-state index is 11.7.